The summed E-state index contributed by atoms with van der Waals surface area (Å²) in [6.45, 7) is 4.98. The average molecular weight is 211 g/mol. The number of nitrogens with one attached hydrogen (secondary N) is 1. The van der Waals surface area contributed by atoms with E-state index >= 15 is 0 Å². The molecule has 1 saturated carbocycles. The molecule has 1 N–H and O–H groups in total. The first kappa shape index (κ1) is 12.7. The molecule has 0 amide bonds. The lowest BCUT2D eigenvalue weighted by atomic mass is 9.77. The Morgan fingerprint density at radius 3 is 2.40 bits per heavy atom. The van der Waals surface area contributed by atoms with Gasteiger partial charge in [-0.15, -0.1) is 0 Å². The third kappa shape index (κ3) is 3.60. The fraction of sp³-hybridized carbons (Fsp3) is 0.923. The molecule has 1 aliphatic rings. The number of carbonyl (C=O) groups is 1. The lowest BCUT2D eigenvalue weighted by Gasteiger charge is -2.28. The number of hydrogen-bond donors (Lipinski definition) is 1. The maximum absolute atomic E-state index is 12.1. The van der Waals surface area contributed by atoms with E-state index in [-0.39, 0.29) is 11.8 Å². The molecule has 0 aromatic heterocycles. The van der Waals surface area contributed by atoms with E-state index in [1.165, 1.54) is 32.1 Å². The molecule has 0 aromatic carbocycles. The summed E-state index contributed by atoms with van der Waals surface area (Å²) in [7, 11) is 1.91. The van der Waals surface area contributed by atoms with Crippen molar-refractivity contribution < 1.29 is 4.79 Å². The van der Waals surface area contributed by atoms with Crippen molar-refractivity contribution in [2.45, 2.75) is 46.0 Å². The summed E-state index contributed by atoms with van der Waals surface area (Å²) in [6.07, 6.45) is 6.53. The van der Waals surface area contributed by atoms with Crippen molar-refractivity contribution in [3.05, 3.63) is 0 Å². The zero-order valence-electron chi connectivity index (χ0n) is 10.4. The molecule has 1 fully saturated rings. The predicted molar refractivity (Wildman–Crippen MR) is 63.8 cm³/mol. The molecule has 0 spiro atoms. The maximum Gasteiger partial charge on any atom is 0.140 e. The Hall–Kier alpha value is -0.370. The molecule has 0 aliphatic heterocycles. The van der Waals surface area contributed by atoms with E-state index in [9.17, 15) is 4.79 Å². The third-order valence-electron chi connectivity index (χ3n) is 3.80. The van der Waals surface area contributed by atoms with Gasteiger partial charge in [0.1, 0.15) is 5.78 Å². The zero-order chi connectivity index (χ0) is 11.3. The van der Waals surface area contributed by atoms with Crippen molar-refractivity contribution >= 4 is 5.78 Å². The van der Waals surface area contributed by atoms with Gasteiger partial charge in [-0.2, -0.15) is 0 Å². The SMILES string of the molecule is CNCC(C)C(=O)C(C)C1CCCCC1. The van der Waals surface area contributed by atoms with Crippen LogP contribution in [-0.4, -0.2) is 19.4 Å². The highest BCUT2D eigenvalue weighted by atomic mass is 16.1. The van der Waals surface area contributed by atoms with Crippen LogP contribution in [0.15, 0.2) is 0 Å². The molecular weight excluding hydrogens is 186 g/mol. The van der Waals surface area contributed by atoms with Gasteiger partial charge in [-0.05, 0) is 25.8 Å². The average Bonchev–Trinajstić information content (AvgIpc) is 2.28. The summed E-state index contributed by atoms with van der Waals surface area (Å²) in [5.41, 5.74) is 0. The lowest BCUT2D eigenvalue weighted by Crippen LogP contribution is -2.32. The Labute approximate surface area is 93.8 Å². The van der Waals surface area contributed by atoms with Gasteiger partial charge in [0.05, 0.1) is 0 Å². The summed E-state index contributed by atoms with van der Waals surface area (Å²) >= 11 is 0. The van der Waals surface area contributed by atoms with E-state index in [4.69, 9.17) is 0 Å². The van der Waals surface area contributed by atoms with Gasteiger partial charge in [0, 0.05) is 18.4 Å². The van der Waals surface area contributed by atoms with E-state index in [0.717, 1.165) is 6.54 Å². The lowest BCUT2D eigenvalue weighted by molar-refractivity contribution is -0.127. The van der Waals surface area contributed by atoms with Crippen LogP contribution in [0.25, 0.3) is 0 Å². The van der Waals surface area contributed by atoms with Crippen LogP contribution >= 0.6 is 0 Å². The van der Waals surface area contributed by atoms with Crippen LogP contribution in [0.1, 0.15) is 46.0 Å². The van der Waals surface area contributed by atoms with Crippen LogP contribution in [-0.2, 0) is 4.79 Å². The summed E-state index contributed by atoms with van der Waals surface area (Å²) < 4.78 is 0. The quantitative estimate of drug-likeness (QED) is 0.757. The summed E-state index contributed by atoms with van der Waals surface area (Å²) in [4.78, 5) is 12.1. The smallest absolute Gasteiger partial charge is 0.140 e. The Kier molecular flexibility index (Phi) is 5.30. The van der Waals surface area contributed by atoms with Crippen molar-refractivity contribution in [1.82, 2.24) is 5.32 Å². The van der Waals surface area contributed by atoms with Gasteiger partial charge in [0.2, 0.25) is 0 Å². The number of Topliss-reactive ketones (excluding diaryl/α,β-unsaturated/α-hetero) is 1. The molecule has 15 heavy (non-hydrogen) atoms. The molecule has 0 bridgehead atoms. The Morgan fingerprint density at radius 1 is 1.27 bits per heavy atom. The largest absolute Gasteiger partial charge is 0.319 e. The van der Waals surface area contributed by atoms with E-state index in [1.807, 2.05) is 14.0 Å². The van der Waals surface area contributed by atoms with Crippen molar-refractivity contribution in [3.8, 4) is 0 Å². The molecule has 0 saturated heterocycles. The molecule has 88 valence electrons. The topological polar surface area (TPSA) is 29.1 Å². The first-order valence-electron chi connectivity index (χ1n) is 6.35. The van der Waals surface area contributed by atoms with Crippen molar-refractivity contribution in [3.63, 3.8) is 0 Å². The normalized spacial score (nSPS) is 22.3. The molecule has 0 aromatic rings. The maximum atomic E-state index is 12.1. The number of carbonyl (C=O) groups excluding carboxylic acids is 1. The minimum atomic E-state index is 0.173. The third-order valence-corrected chi connectivity index (χ3v) is 3.80. The summed E-state index contributed by atoms with van der Waals surface area (Å²) in [6, 6.07) is 0. The van der Waals surface area contributed by atoms with Gasteiger partial charge < -0.3 is 5.32 Å². The van der Waals surface area contributed by atoms with Crippen LogP contribution in [0, 0.1) is 17.8 Å². The Balaban J connectivity index is 2.43. The van der Waals surface area contributed by atoms with Crippen molar-refractivity contribution in [1.29, 1.82) is 0 Å². The Bertz CT molecular complexity index is 197. The number of hydrogen-bond acceptors (Lipinski definition) is 2. The highest BCUT2D eigenvalue weighted by molar-refractivity contribution is 5.83. The van der Waals surface area contributed by atoms with Gasteiger partial charge >= 0.3 is 0 Å². The van der Waals surface area contributed by atoms with Crippen LogP contribution in [0.2, 0.25) is 0 Å². The number of rotatable bonds is 5. The van der Waals surface area contributed by atoms with Crippen molar-refractivity contribution in [2.75, 3.05) is 13.6 Å². The highest BCUT2D eigenvalue weighted by Gasteiger charge is 2.27. The molecule has 2 nitrogen and oxygen atoms in total. The second kappa shape index (κ2) is 6.26. The zero-order valence-corrected chi connectivity index (χ0v) is 10.4. The molecule has 0 heterocycles. The standard InChI is InChI=1S/C13H25NO/c1-10(9-14-3)13(15)11(2)12-7-5-4-6-8-12/h10-12,14H,4-9H2,1-3H3. The molecule has 2 heteroatoms. The van der Waals surface area contributed by atoms with E-state index in [0.29, 0.717) is 11.7 Å². The fourth-order valence-electron chi connectivity index (χ4n) is 2.72. The Morgan fingerprint density at radius 2 is 1.87 bits per heavy atom. The molecule has 2 atom stereocenters. The monoisotopic (exact) mass is 211 g/mol. The van der Waals surface area contributed by atoms with Crippen LogP contribution in [0.5, 0.6) is 0 Å². The highest BCUT2D eigenvalue weighted by Crippen LogP contribution is 2.31. The summed E-state index contributed by atoms with van der Waals surface area (Å²) in [5, 5.41) is 3.09. The van der Waals surface area contributed by atoms with E-state index in [1.54, 1.807) is 0 Å². The fourth-order valence-corrected chi connectivity index (χ4v) is 2.72. The van der Waals surface area contributed by atoms with Gasteiger partial charge in [0.25, 0.3) is 0 Å². The van der Waals surface area contributed by atoms with Gasteiger partial charge in [-0.3, -0.25) is 4.79 Å². The number of ketones is 1. The minimum absolute atomic E-state index is 0.173. The summed E-state index contributed by atoms with van der Waals surface area (Å²) in [5.74, 6) is 1.56. The van der Waals surface area contributed by atoms with Gasteiger partial charge in [-0.25, -0.2) is 0 Å². The second-order valence-electron chi connectivity index (χ2n) is 5.05. The van der Waals surface area contributed by atoms with Crippen LogP contribution in [0.4, 0.5) is 0 Å². The molecule has 1 rings (SSSR count). The van der Waals surface area contributed by atoms with Crippen LogP contribution < -0.4 is 5.32 Å². The van der Waals surface area contributed by atoms with E-state index < -0.39 is 0 Å². The predicted octanol–water partition coefficient (Wildman–Crippen LogP) is 2.63. The van der Waals surface area contributed by atoms with E-state index in [2.05, 4.69) is 12.2 Å². The molecular formula is C13H25NO. The minimum Gasteiger partial charge on any atom is -0.319 e. The molecule has 1 aliphatic carbocycles. The van der Waals surface area contributed by atoms with Crippen LogP contribution in [0.3, 0.4) is 0 Å². The first-order valence-corrected chi connectivity index (χ1v) is 6.35. The van der Waals surface area contributed by atoms with Gasteiger partial charge in [-0.1, -0.05) is 33.1 Å². The molecule has 0 radical (unpaired) electrons. The van der Waals surface area contributed by atoms with Crippen molar-refractivity contribution in [2.24, 2.45) is 17.8 Å². The second-order valence-corrected chi connectivity index (χ2v) is 5.05. The first-order chi connectivity index (χ1) is 7.16. The molecule has 2 unspecified atom stereocenters. The van der Waals surface area contributed by atoms with Gasteiger partial charge in [0.15, 0.2) is 0 Å².